The van der Waals surface area contributed by atoms with Gasteiger partial charge >= 0.3 is 0 Å². The molecule has 138 valence electrons. The van der Waals surface area contributed by atoms with Crippen molar-refractivity contribution in [3.8, 4) is 0 Å². The van der Waals surface area contributed by atoms with E-state index in [1.54, 1.807) is 15.6 Å². The first kappa shape index (κ1) is 17.0. The molecule has 4 rings (SSSR count). The Hall–Kier alpha value is -2.48. The Morgan fingerprint density at radius 2 is 2.08 bits per heavy atom. The van der Waals surface area contributed by atoms with E-state index in [0.29, 0.717) is 24.4 Å². The molecule has 0 unspecified atom stereocenters. The summed E-state index contributed by atoms with van der Waals surface area (Å²) in [4.78, 5) is 31.3. The molecule has 2 aromatic rings. The van der Waals surface area contributed by atoms with Crippen molar-refractivity contribution in [3.05, 3.63) is 29.7 Å². The van der Waals surface area contributed by atoms with Gasteiger partial charge in [-0.1, -0.05) is 12.8 Å². The summed E-state index contributed by atoms with van der Waals surface area (Å²) in [6.45, 7) is 2.97. The van der Waals surface area contributed by atoms with E-state index in [2.05, 4.69) is 15.4 Å². The van der Waals surface area contributed by atoms with Crippen molar-refractivity contribution in [2.24, 2.45) is 0 Å². The number of carbonyl (C=O) groups excluding carboxylic acids is 2. The molecule has 0 bridgehead atoms. The highest BCUT2D eigenvalue weighted by Gasteiger charge is 2.32. The highest BCUT2D eigenvalue weighted by atomic mass is 16.5. The Bertz CT molecular complexity index is 827. The molecule has 0 aromatic carbocycles. The van der Waals surface area contributed by atoms with Crippen LogP contribution in [-0.4, -0.2) is 63.2 Å². The minimum absolute atomic E-state index is 0.122. The van der Waals surface area contributed by atoms with Crippen molar-refractivity contribution >= 4 is 17.5 Å². The van der Waals surface area contributed by atoms with E-state index in [1.165, 1.54) is 6.20 Å². The molecule has 2 aliphatic rings. The van der Waals surface area contributed by atoms with E-state index < -0.39 is 6.10 Å². The van der Waals surface area contributed by atoms with Gasteiger partial charge in [0.25, 0.3) is 11.8 Å². The van der Waals surface area contributed by atoms with Crippen LogP contribution in [0.2, 0.25) is 0 Å². The summed E-state index contributed by atoms with van der Waals surface area (Å²) in [6, 6.07) is 0.240. The standard InChI is InChI=1S/C18H23N5O3/c1-12-8-19-16-14(9-20-23(16)10-12)18(25)22-6-7-26-15(11-22)17(24)21-13-4-2-3-5-13/h8-10,13,15H,2-7,11H2,1H3,(H,21,24)/t15-/m1/s1. The minimum Gasteiger partial charge on any atom is -0.365 e. The van der Waals surface area contributed by atoms with Crippen LogP contribution in [0.5, 0.6) is 0 Å². The Morgan fingerprint density at radius 3 is 2.88 bits per heavy atom. The second kappa shape index (κ2) is 7.03. The molecule has 26 heavy (non-hydrogen) atoms. The van der Waals surface area contributed by atoms with Crippen molar-refractivity contribution in [1.29, 1.82) is 0 Å². The molecule has 2 fully saturated rings. The number of aryl methyl sites for hydroxylation is 1. The predicted octanol–water partition coefficient (Wildman–Crippen LogP) is 0.938. The second-order valence-corrected chi connectivity index (χ2v) is 7.06. The van der Waals surface area contributed by atoms with E-state index in [9.17, 15) is 9.59 Å². The maximum absolute atomic E-state index is 12.9. The van der Waals surface area contributed by atoms with Crippen molar-refractivity contribution in [3.63, 3.8) is 0 Å². The number of rotatable bonds is 3. The summed E-state index contributed by atoms with van der Waals surface area (Å²) in [5.74, 6) is -0.290. The molecular weight excluding hydrogens is 334 g/mol. The van der Waals surface area contributed by atoms with E-state index in [-0.39, 0.29) is 24.4 Å². The molecule has 1 aliphatic carbocycles. The third kappa shape index (κ3) is 3.29. The molecule has 2 amide bonds. The van der Waals surface area contributed by atoms with Gasteiger partial charge in [0, 0.05) is 25.0 Å². The number of amides is 2. The molecule has 1 aliphatic heterocycles. The first-order valence-corrected chi connectivity index (χ1v) is 9.13. The van der Waals surface area contributed by atoms with Gasteiger partial charge in [-0.3, -0.25) is 9.59 Å². The summed E-state index contributed by atoms with van der Waals surface area (Å²) >= 11 is 0. The number of aromatic nitrogens is 3. The number of morpholine rings is 1. The molecule has 1 atom stereocenters. The molecular formula is C18H23N5O3. The fourth-order valence-corrected chi connectivity index (χ4v) is 3.65. The fraction of sp³-hybridized carbons (Fsp3) is 0.556. The number of ether oxygens (including phenoxy) is 1. The van der Waals surface area contributed by atoms with Crippen LogP contribution in [0.15, 0.2) is 18.6 Å². The summed E-state index contributed by atoms with van der Waals surface area (Å²) in [5, 5.41) is 7.26. The smallest absolute Gasteiger partial charge is 0.259 e. The molecule has 1 saturated carbocycles. The largest absolute Gasteiger partial charge is 0.365 e. The fourth-order valence-electron chi connectivity index (χ4n) is 3.65. The number of hydrogen-bond donors (Lipinski definition) is 1. The van der Waals surface area contributed by atoms with Gasteiger partial charge in [0.15, 0.2) is 11.8 Å². The van der Waals surface area contributed by atoms with E-state index in [0.717, 1.165) is 31.2 Å². The minimum atomic E-state index is -0.620. The van der Waals surface area contributed by atoms with Gasteiger partial charge in [0.2, 0.25) is 0 Å². The number of fused-ring (bicyclic) bond motifs is 1. The van der Waals surface area contributed by atoms with Crippen LogP contribution in [0.4, 0.5) is 0 Å². The Kier molecular flexibility index (Phi) is 4.58. The van der Waals surface area contributed by atoms with Gasteiger partial charge in [-0.15, -0.1) is 0 Å². The maximum atomic E-state index is 12.9. The van der Waals surface area contributed by atoms with Gasteiger partial charge in [0.05, 0.1) is 19.3 Å². The lowest BCUT2D eigenvalue weighted by atomic mass is 10.2. The third-order valence-electron chi connectivity index (χ3n) is 5.06. The molecule has 0 spiro atoms. The topological polar surface area (TPSA) is 88.8 Å². The number of hydrogen-bond acceptors (Lipinski definition) is 5. The van der Waals surface area contributed by atoms with Gasteiger partial charge in [-0.2, -0.15) is 5.10 Å². The summed E-state index contributed by atoms with van der Waals surface area (Å²) in [5.41, 5.74) is 1.94. The monoisotopic (exact) mass is 357 g/mol. The third-order valence-corrected chi connectivity index (χ3v) is 5.06. The Balaban J connectivity index is 1.46. The van der Waals surface area contributed by atoms with Crippen LogP contribution in [0.25, 0.3) is 5.65 Å². The van der Waals surface area contributed by atoms with Gasteiger partial charge < -0.3 is 15.0 Å². The molecule has 8 nitrogen and oxygen atoms in total. The lowest BCUT2D eigenvalue weighted by Gasteiger charge is -2.32. The zero-order valence-electron chi connectivity index (χ0n) is 14.9. The van der Waals surface area contributed by atoms with E-state index >= 15 is 0 Å². The lowest BCUT2D eigenvalue weighted by Crippen LogP contribution is -2.52. The van der Waals surface area contributed by atoms with Crippen LogP contribution in [0.3, 0.4) is 0 Å². The van der Waals surface area contributed by atoms with Crippen molar-refractivity contribution in [2.75, 3.05) is 19.7 Å². The molecule has 2 aromatic heterocycles. The van der Waals surface area contributed by atoms with Crippen molar-refractivity contribution in [1.82, 2.24) is 24.8 Å². The number of nitrogens with zero attached hydrogens (tertiary/aromatic N) is 4. The van der Waals surface area contributed by atoms with Gasteiger partial charge in [-0.25, -0.2) is 9.50 Å². The highest BCUT2D eigenvalue weighted by molar-refractivity contribution is 6.00. The van der Waals surface area contributed by atoms with Crippen LogP contribution in [0.1, 0.15) is 41.6 Å². The summed E-state index contributed by atoms with van der Waals surface area (Å²) < 4.78 is 7.21. The lowest BCUT2D eigenvalue weighted by molar-refractivity contribution is -0.137. The quantitative estimate of drug-likeness (QED) is 0.883. The number of carbonyl (C=O) groups is 2. The Morgan fingerprint density at radius 1 is 1.27 bits per heavy atom. The molecule has 0 radical (unpaired) electrons. The average molecular weight is 357 g/mol. The first-order valence-electron chi connectivity index (χ1n) is 9.13. The number of nitrogens with one attached hydrogen (secondary N) is 1. The molecule has 1 saturated heterocycles. The van der Waals surface area contributed by atoms with Crippen LogP contribution in [0, 0.1) is 6.92 Å². The average Bonchev–Trinajstić information content (AvgIpc) is 3.30. The van der Waals surface area contributed by atoms with Crippen molar-refractivity contribution < 1.29 is 14.3 Å². The van der Waals surface area contributed by atoms with Crippen LogP contribution < -0.4 is 5.32 Å². The SMILES string of the molecule is Cc1cnc2c(C(=O)N3CCO[C@@H](C(=O)NC4CCCC4)C3)cnn2c1. The van der Waals surface area contributed by atoms with Gasteiger partial charge in [0.1, 0.15) is 5.56 Å². The predicted molar refractivity (Wildman–Crippen MR) is 93.8 cm³/mol. The summed E-state index contributed by atoms with van der Waals surface area (Å²) in [6.07, 6.45) is 8.81. The molecule has 8 heteroatoms. The Labute approximate surface area is 151 Å². The highest BCUT2D eigenvalue weighted by Crippen LogP contribution is 2.19. The summed E-state index contributed by atoms with van der Waals surface area (Å²) in [7, 11) is 0. The zero-order chi connectivity index (χ0) is 18.1. The first-order chi connectivity index (χ1) is 12.6. The van der Waals surface area contributed by atoms with E-state index in [1.807, 2.05) is 13.1 Å². The maximum Gasteiger partial charge on any atom is 0.259 e. The van der Waals surface area contributed by atoms with E-state index in [4.69, 9.17) is 4.74 Å². The van der Waals surface area contributed by atoms with Gasteiger partial charge in [-0.05, 0) is 25.3 Å². The van der Waals surface area contributed by atoms with Crippen molar-refractivity contribution in [2.45, 2.75) is 44.8 Å². The zero-order valence-corrected chi connectivity index (χ0v) is 14.9. The second-order valence-electron chi connectivity index (χ2n) is 7.06. The van der Waals surface area contributed by atoms with Crippen LogP contribution in [-0.2, 0) is 9.53 Å². The normalized spacial score (nSPS) is 21.3. The molecule has 1 N–H and O–H groups in total. The van der Waals surface area contributed by atoms with Crippen LogP contribution >= 0.6 is 0 Å². The molecule has 3 heterocycles.